The van der Waals surface area contributed by atoms with Gasteiger partial charge in [-0.1, -0.05) is 15.9 Å². The molecule has 0 spiro atoms. The van der Waals surface area contributed by atoms with Crippen molar-refractivity contribution in [2.45, 2.75) is 18.3 Å². The summed E-state index contributed by atoms with van der Waals surface area (Å²) in [5.74, 6) is -0.295. The van der Waals surface area contributed by atoms with Crippen molar-refractivity contribution in [3.8, 4) is 17.3 Å². The molecule has 1 fully saturated rings. The number of rotatable bonds is 2. The van der Waals surface area contributed by atoms with Crippen molar-refractivity contribution in [3.05, 3.63) is 38.9 Å². The van der Waals surface area contributed by atoms with Gasteiger partial charge in [0.05, 0.1) is 11.8 Å². The molecule has 0 bridgehead atoms. The van der Waals surface area contributed by atoms with Gasteiger partial charge < -0.3 is 0 Å². The lowest BCUT2D eigenvalue weighted by molar-refractivity contribution is 0.630. The van der Waals surface area contributed by atoms with Crippen LogP contribution in [0.3, 0.4) is 0 Å². The number of nitriles is 1. The molecule has 0 amide bonds. The summed E-state index contributed by atoms with van der Waals surface area (Å²) in [6, 6.07) is 7.08. The van der Waals surface area contributed by atoms with Crippen molar-refractivity contribution in [2.24, 2.45) is 0 Å². The summed E-state index contributed by atoms with van der Waals surface area (Å²) in [4.78, 5) is 4.42. The molecule has 2 nitrogen and oxygen atoms in total. The van der Waals surface area contributed by atoms with Crippen LogP contribution in [0.4, 0.5) is 4.39 Å². The topological polar surface area (TPSA) is 36.7 Å². The highest BCUT2D eigenvalue weighted by Gasteiger charge is 2.47. The van der Waals surface area contributed by atoms with Crippen molar-refractivity contribution >= 4 is 27.3 Å². The third kappa shape index (κ3) is 1.86. The highest BCUT2D eigenvalue weighted by atomic mass is 79.9. The van der Waals surface area contributed by atoms with Gasteiger partial charge in [0.15, 0.2) is 0 Å². The Hall–Kier alpha value is -1.25. The molecule has 2 aromatic rings. The molecule has 90 valence electrons. The minimum Gasteiger partial charge on any atom is -0.239 e. The van der Waals surface area contributed by atoms with Crippen LogP contribution >= 0.6 is 27.3 Å². The zero-order valence-electron chi connectivity index (χ0n) is 9.28. The molecule has 0 N–H and O–H groups in total. The lowest BCUT2D eigenvalue weighted by atomic mass is 10.1. The first-order valence-electron chi connectivity index (χ1n) is 5.47. The van der Waals surface area contributed by atoms with Gasteiger partial charge in [-0.05, 0) is 31.0 Å². The number of nitrogens with zero attached hydrogens (tertiary/aromatic N) is 2. The fourth-order valence-electron chi connectivity index (χ4n) is 1.81. The van der Waals surface area contributed by atoms with Crippen LogP contribution in [0.5, 0.6) is 0 Å². The molecular formula is C13H8BrFN2S. The van der Waals surface area contributed by atoms with E-state index in [4.69, 9.17) is 5.26 Å². The SMILES string of the molecule is N#CC1(c2nc(-c3cc(Br)ccc3F)cs2)CC1. The smallest absolute Gasteiger partial charge is 0.132 e. The van der Waals surface area contributed by atoms with Crippen molar-refractivity contribution < 1.29 is 4.39 Å². The molecule has 1 aliphatic carbocycles. The summed E-state index contributed by atoms with van der Waals surface area (Å²) in [6.45, 7) is 0. The summed E-state index contributed by atoms with van der Waals surface area (Å²) >= 11 is 4.76. The maximum Gasteiger partial charge on any atom is 0.132 e. The zero-order valence-corrected chi connectivity index (χ0v) is 11.7. The molecule has 1 aromatic carbocycles. The van der Waals surface area contributed by atoms with Gasteiger partial charge in [0.25, 0.3) is 0 Å². The van der Waals surface area contributed by atoms with Crippen molar-refractivity contribution in [1.29, 1.82) is 5.26 Å². The molecule has 5 heteroatoms. The highest BCUT2D eigenvalue weighted by Crippen LogP contribution is 2.49. The molecule has 1 saturated carbocycles. The second-order valence-corrected chi connectivity index (χ2v) is 6.13. The van der Waals surface area contributed by atoms with Crippen LogP contribution in [0.1, 0.15) is 17.8 Å². The largest absolute Gasteiger partial charge is 0.239 e. The lowest BCUT2D eigenvalue weighted by Crippen LogP contribution is -2.01. The average Bonchev–Trinajstić information content (AvgIpc) is 3.02. The molecular weight excluding hydrogens is 315 g/mol. The molecule has 0 aliphatic heterocycles. The van der Waals surface area contributed by atoms with Crippen LogP contribution in [0.15, 0.2) is 28.1 Å². The fourth-order valence-corrected chi connectivity index (χ4v) is 3.20. The first kappa shape index (κ1) is 11.8. The first-order valence-corrected chi connectivity index (χ1v) is 7.15. The van der Waals surface area contributed by atoms with Gasteiger partial charge in [0.1, 0.15) is 16.2 Å². The standard InChI is InChI=1S/C13H8BrFN2S/c14-8-1-2-10(15)9(5-8)11-6-18-12(17-11)13(7-16)3-4-13/h1-2,5-6H,3-4H2. The van der Waals surface area contributed by atoms with Gasteiger partial charge >= 0.3 is 0 Å². The quantitative estimate of drug-likeness (QED) is 0.828. The maximum atomic E-state index is 13.7. The Labute approximate surface area is 116 Å². The molecule has 18 heavy (non-hydrogen) atoms. The van der Waals surface area contributed by atoms with Gasteiger partial charge in [-0.3, -0.25) is 0 Å². The number of thiazole rings is 1. The second kappa shape index (κ2) is 4.15. The molecule has 0 atom stereocenters. The third-order valence-corrected chi connectivity index (χ3v) is 4.62. The molecule has 1 aliphatic rings. The first-order chi connectivity index (χ1) is 8.64. The van der Waals surface area contributed by atoms with E-state index in [0.29, 0.717) is 11.3 Å². The van der Waals surface area contributed by atoms with E-state index in [2.05, 4.69) is 27.0 Å². The number of hydrogen-bond donors (Lipinski definition) is 0. The van der Waals surface area contributed by atoms with Gasteiger partial charge in [-0.15, -0.1) is 11.3 Å². The molecule has 1 heterocycles. The van der Waals surface area contributed by atoms with E-state index in [1.165, 1.54) is 17.4 Å². The zero-order chi connectivity index (χ0) is 12.8. The van der Waals surface area contributed by atoms with E-state index in [1.807, 2.05) is 5.38 Å². The summed E-state index contributed by atoms with van der Waals surface area (Å²) in [7, 11) is 0. The van der Waals surface area contributed by atoms with Crippen LogP contribution < -0.4 is 0 Å². The predicted octanol–water partition coefficient (Wildman–Crippen LogP) is 4.27. The maximum absolute atomic E-state index is 13.7. The van der Waals surface area contributed by atoms with Crippen LogP contribution in [-0.2, 0) is 5.41 Å². The number of benzene rings is 1. The molecule has 0 radical (unpaired) electrons. The average molecular weight is 323 g/mol. The predicted molar refractivity (Wildman–Crippen MR) is 71.7 cm³/mol. The Bertz CT molecular complexity index is 655. The van der Waals surface area contributed by atoms with Gasteiger partial charge in [-0.25, -0.2) is 9.37 Å². The van der Waals surface area contributed by atoms with Crippen molar-refractivity contribution in [1.82, 2.24) is 4.98 Å². The van der Waals surface area contributed by atoms with E-state index in [9.17, 15) is 4.39 Å². The minimum atomic E-state index is -0.397. The van der Waals surface area contributed by atoms with Crippen LogP contribution in [-0.4, -0.2) is 4.98 Å². The summed E-state index contributed by atoms with van der Waals surface area (Å²) < 4.78 is 14.6. The number of aromatic nitrogens is 1. The molecule has 3 rings (SSSR count). The van der Waals surface area contributed by atoms with Gasteiger partial charge in [0.2, 0.25) is 0 Å². The second-order valence-electron chi connectivity index (χ2n) is 4.36. The number of hydrogen-bond acceptors (Lipinski definition) is 3. The van der Waals surface area contributed by atoms with Crippen LogP contribution in [0, 0.1) is 17.1 Å². The van der Waals surface area contributed by atoms with E-state index >= 15 is 0 Å². The Kier molecular flexibility index (Phi) is 2.72. The molecule has 0 unspecified atom stereocenters. The minimum absolute atomic E-state index is 0.295. The normalized spacial score (nSPS) is 16.3. The summed E-state index contributed by atoms with van der Waals surface area (Å²) in [6.07, 6.45) is 1.72. The summed E-state index contributed by atoms with van der Waals surface area (Å²) in [5, 5.41) is 11.7. The van der Waals surface area contributed by atoms with E-state index in [1.54, 1.807) is 12.1 Å². The third-order valence-electron chi connectivity index (χ3n) is 3.08. The molecule has 1 aromatic heterocycles. The van der Waals surface area contributed by atoms with Crippen molar-refractivity contribution in [3.63, 3.8) is 0 Å². The van der Waals surface area contributed by atoms with Crippen molar-refractivity contribution in [2.75, 3.05) is 0 Å². The number of halogens is 2. The van der Waals surface area contributed by atoms with E-state index in [0.717, 1.165) is 22.3 Å². The Morgan fingerprint density at radius 2 is 2.22 bits per heavy atom. The summed E-state index contributed by atoms with van der Waals surface area (Å²) in [5.41, 5.74) is 0.682. The van der Waals surface area contributed by atoms with Crippen LogP contribution in [0.25, 0.3) is 11.3 Å². The monoisotopic (exact) mass is 322 g/mol. The van der Waals surface area contributed by atoms with E-state index in [-0.39, 0.29) is 5.82 Å². The van der Waals surface area contributed by atoms with E-state index < -0.39 is 5.41 Å². The fraction of sp³-hybridized carbons (Fsp3) is 0.231. The Morgan fingerprint density at radius 3 is 2.89 bits per heavy atom. The Balaban J connectivity index is 2.04. The Morgan fingerprint density at radius 1 is 1.44 bits per heavy atom. The lowest BCUT2D eigenvalue weighted by Gasteiger charge is -2.01. The van der Waals surface area contributed by atoms with Gasteiger partial charge in [0, 0.05) is 15.4 Å². The van der Waals surface area contributed by atoms with Gasteiger partial charge in [-0.2, -0.15) is 5.26 Å². The molecule has 0 saturated heterocycles. The highest BCUT2D eigenvalue weighted by molar-refractivity contribution is 9.10. The van der Waals surface area contributed by atoms with Crippen LogP contribution in [0.2, 0.25) is 0 Å².